The number of hydrogen-bond acceptors (Lipinski definition) is 10. The summed E-state index contributed by atoms with van der Waals surface area (Å²) in [7, 11) is 0. The fourth-order valence-corrected chi connectivity index (χ4v) is 7.34. The highest BCUT2D eigenvalue weighted by Crippen LogP contribution is 2.44. The van der Waals surface area contributed by atoms with Gasteiger partial charge in [0.05, 0.1) is 32.3 Å². The molecule has 14 nitrogen and oxygen atoms in total. The molecule has 2 aliphatic heterocycles. The van der Waals surface area contributed by atoms with Crippen LogP contribution in [0.5, 0.6) is 11.5 Å². The van der Waals surface area contributed by atoms with Crippen LogP contribution in [-0.2, 0) is 9.59 Å². The summed E-state index contributed by atoms with van der Waals surface area (Å²) in [5.74, 6) is -1.77. The van der Waals surface area contributed by atoms with E-state index in [1.165, 1.54) is 12.1 Å². The third-order valence-corrected chi connectivity index (χ3v) is 10.1. The number of nitro groups is 2. The molecule has 2 fully saturated rings. The van der Waals surface area contributed by atoms with E-state index >= 15 is 0 Å². The number of likely N-dealkylation sites (tertiary alicyclic amines) is 2. The van der Waals surface area contributed by atoms with Crippen molar-refractivity contribution in [2.75, 3.05) is 26.2 Å². The molecule has 0 unspecified atom stereocenters. The predicted octanol–water partition coefficient (Wildman–Crippen LogP) is 6.71. The Morgan fingerprint density at radius 2 is 1.06 bits per heavy atom. The molecule has 2 N–H and O–H groups in total. The molecule has 4 aromatic rings. The number of nitrogens with zero attached hydrogens (tertiary/aromatic N) is 4. The Morgan fingerprint density at radius 1 is 0.700 bits per heavy atom. The molecule has 0 saturated carbocycles. The summed E-state index contributed by atoms with van der Waals surface area (Å²) < 4.78 is 11.6. The highest BCUT2D eigenvalue weighted by Gasteiger charge is 2.32. The number of ether oxygens (including phenoxy) is 2. The number of nitro benzene ring substituents is 2. The van der Waals surface area contributed by atoms with E-state index in [2.05, 4.69) is 47.5 Å². The monoisotopic (exact) mass is 686 g/mol. The Balaban J connectivity index is 1.27. The number of non-ortho nitro benzene ring substituents is 2. The second-order valence-electron chi connectivity index (χ2n) is 13.6. The average Bonchev–Trinajstić information content (AvgIpc) is 3.65. The minimum absolute atomic E-state index is 0.0303. The van der Waals surface area contributed by atoms with E-state index in [0.29, 0.717) is 34.5 Å². The molecule has 2 aromatic carbocycles. The van der Waals surface area contributed by atoms with Crippen molar-refractivity contribution >= 4 is 45.1 Å². The van der Waals surface area contributed by atoms with Crippen LogP contribution in [0, 0.1) is 20.2 Å². The van der Waals surface area contributed by atoms with Crippen LogP contribution in [0.25, 0.3) is 21.8 Å². The predicted molar refractivity (Wildman–Crippen MR) is 188 cm³/mol. The zero-order valence-electron chi connectivity index (χ0n) is 28.6. The summed E-state index contributed by atoms with van der Waals surface area (Å²) in [4.78, 5) is 60.7. The van der Waals surface area contributed by atoms with Gasteiger partial charge in [-0.25, -0.2) is 9.59 Å². The first-order valence-corrected chi connectivity index (χ1v) is 17.1. The van der Waals surface area contributed by atoms with Crippen LogP contribution in [0.4, 0.5) is 11.4 Å². The van der Waals surface area contributed by atoms with Crippen molar-refractivity contribution in [3.05, 3.63) is 80.2 Å². The third kappa shape index (κ3) is 6.98. The number of benzene rings is 2. The number of rotatable bonds is 10. The van der Waals surface area contributed by atoms with Crippen molar-refractivity contribution in [2.45, 2.75) is 77.3 Å². The number of piperidine rings is 2. The summed E-state index contributed by atoms with van der Waals surface area (Å²) in [6.07, 6.45) is 4.88. The molecule has 2 aromatic heterocycles. The van der Waals surface area contributed by atoms with Crippen molar-refractivity contribution in [3.8, 4) is 11.5 Å². The summed E-state index contributed by atoms with van der Waals surface area (Å²) in [5, 5.41) is 24.3. The van der Waals surface area contributed by atoms with Crippen molar-refractivity contribution in [2.24, 2.45) is 0 Å². The lowest BCUT2D eigenvalue weighted by Gasteiger charge is -2.34. The fraction of sp³-hybridized carbons (Fsp3) is 0.444. The van der Waals surface area contributed by atoms with Crippen LogP contribution in [0.3, 0.4) is 0 Å². The molecule has 0 atom stereocenters. The molecular formula is C36H42N6O8. The van der Waals surface area contributed by atoms with E-state index in [9.17, 15) is 29.8 Å². The molecule has 264 valence electrons. The molecule has 6 rings (SSSR count). The first-order chi connectivity index (χ1) is 23.9. The van der Waals surface area contributed by atoms with Gasteiger partial charge >= 0.3 is 11.9 Å². The second-order valence-corrected chi connectivity index (χ2v) is 13.6. The third-order valence-electron chi connectivity index (χ3n) is 10.1. The van der Waals surface area contributed by atoms with Gasteiger partial charge in [0.1, 0.15) is 10.8 Å². The van der Waals surface area contributed by atoms with Gasteiger partial charge in [-0.1, -0.05) is 12.1 Å². The Bertz CT molecular complexity index is 1820. The number of H-pyrrole nitrogens is 2. The molecule has 50 heavy (non-hydrogen) atoms. The van der Waals surface area contributed by atoms with Crippen LogP contribution in [-0.4, -0.2) is 79.8 Å². The maximum atomic E-state index is 13.3. The summed E-state index contributed by atoms with van der Waals surface area (Å²) in [6, 6.07) is 10.0. The van der Waals surface area contributed by atoms with Crippen molar-refractivity contribution in [1.29, 1.82) is 0 Å². The fourth-order valence-electron chi connectivity index (χ4n) is 7.34. The van der Waals surface area contributed by atoms with Gasteiger partial charge in [0.15, 0.2) is 11.5 Å². The number of nitrogens with one attached hydrogen (secondary N) is 2. The van der Waals surface area contributed by atoms with Crippen LogP contribution in [0.2, 0.25) is 0 Å². The van der Waals surface area contributed by atoms with Gasteiger partial charge in [0.2, 0.25) is 0 Å². The van der Waals surface area contributed by atoms with E-state index in [1.54, 1.807) is 24.3 Å². The summed E-state index contributed by atoms with van der Waals surface area (Å²) >= 11 is 0. The normalized spacial score (nSPS) is 17.0. The van der Waals surface area contributed by atoms with E-state index in [1.807, 2.05) is 0 Å². The van der Waals surface area contributed by atoms with Crippen molar-refractivity contribution in [1.82, 2.24) is 19.8 Å². The number of esters is 2. The summed E-state index contributed by atoms with van der Waals surface area (Å²) in [6.45, 7) is 11.8. The van der Waals surface area contributed by atoms with Gasteiger partial charge in [-0.05, 0) is 91.7 Å². The van der Waals surface area contributed by atoms with Gasteiger partial charge in [-0.3, -0.25) is 20.2 Å². The first-order valence-electron chi connectivity index (χ1n) is 17.1. The number of aromatic nitrogens is 2. The summed E-state index contributed by atoms with van der Waals surface area (Å²) in [5.41, 5.74) is 1.73. The standard InChI is InChI=1S/C36H42N6O8/c1-21(2)39-17-13-23(14-18-39)33-35(31-25(37-33)7-5-9-27(31)41(45)46)49-29(43)11-12-30(44)50-36-32-26(8-6-10-28(32)42(47)48)38-34(36)24-15-19-40(20-16-24)22(3)4/h5-12,21-24,37-38H,13-20H2,1-4H3/b12-11-. The molecule has 2 saturated heterocycles. The largest absolute Gasteiger partial charge is 0.420 e. The van der Waals surface area contributed by atoms with Crippen LogP contribution in [0.15, 0.2) is 48.6 Å². The molecule has 0 amide bonds. The Morgan fingerprint density at radius 3 is 1.38 bits per heavy atom. The Labute approximate surface area is 288 Å². The van der Waals surface area contributed by atoms with E-state index < -0.39 is 21.8 Å². The minimum Gasteiger partial charge on any atom is -0.420 e. The molecule has 0 bridgehead atoms. The number of hydrogen-bond donors (Lipinski definition) is 2. The van der Waals surface area contributed by atoms with E-state index in [0.717, 1.165) is 64.0 Å². The van der Waals surface area contributed by atoms with Crippen LogP contribution < -0.4 is 9.47 Å². The molecule has 4 heterocycles. The molecular weight excluding hydrogens is 644 g/mol. The average molecular weight is 687 g/mol. The minimum atomic E-state index is -0.923. The van der Waals surface area contributed by atoms with E-state index in [4.69, 9.17) is 9.47 Å². The molecule has 14 heteroatoms. The SMILES string of the molecule is CC(C)N1CCC(c2[nH]c3cccc([N+](=O)[O-])c3c2OC(=O)/C=C\C(=O)Oc2c(C3CCN(C(C)C)CC3)[nH]c3cccc([N+](=O)[O-])c23)CC1. The zero-order valence-corrected chi connectivity index (χ0v) is 28.6. The topological polar surface area (TPSA) is 177 Å². The van der Waals surface area contributed by atoms with Gasteiger partial charge in [0.25, 0.3) is 11.4 Å². The number of carbonyl (C=O) groups is 2. The van der Waals surface area contributed by atoms with Gasteiger partial charge in [-0.15, -0.1) is 0 Å². The first kappa shape index (κ1) is 34.8. The smallest absolute Gasteiger partial charge is 0.336 e. The van der Waals surface area contributed by atoms with Crippen LogP contribution in [0.1, 0.15) is 76.6 Å². The zero-order chi connectivity index (χ0) is 35.7. The highest BCUT2D eigenvalue weighted by molar-refractivity contribution is 6.01. The van der Waals surface area contributed by atoms with Gasteiger partial charge in [0, 0.05) is 48.2 Å². The lowest BCUT2D eigenvalue weighted by molar-refractivity contribution is -0.383. The lowest BCUT2D eigenvalue weighted by atomic mass is 9.92. The van der Waals surface area contributed by atoms with E-state index in [-0.39, 0.29) is 45.5 Å². The van der Waals surface area contributed by atoms with Crippen molar-refractivity contribution < 1.29 is 28.9 Å². The quantitative estimate of drug-likeness (QED) is 0.0789. The number of carbonyl (C=O) groups excluding carboxylic acids is 2. The maximum absolute atomic E-state index is 13.3. The molecule has 0 spiro atoms. The molecule has 2 aliphatic rings. The maximum Gasteiger partial charge on any atom is 0.336 e. The van der Waals surface area contributed by atoms with Crippen LogP contribution >= 0.6 is 0 Å². The second kappa shape index (κ2) is 14.4. The molecule has 0 radical (unpaired) electrons. The van der Waals surface area contributed by atoms with Gasteiger partial charge in [-0.2, -0.15) is 0 Å². The number of aromatic amines is 2. The Kier molecular flexibility index (Phi) is 10.0. The highest BCUT2D eigenvalue weighted by atomic mass is 16.6. The van der Waals surface area contributed by atoms with Gasteiger partial charge < -0.3 is 29.2 Å². The Hall–Kier alpha value is -5.08. The lowest BCUT2D eigenvalue weighted by Crippen LogP contribution is -2.38. The molecule has 0 aliphatic carbocycles. The number of fused-ring (bicyclic) bond motifs is 2. The van der Waals surface area contributed by atoms with Crippen molar-refractivity contribution in [3.63, 3.8) is 0 Å².